The molecule has 0 amide bonds. The number of nitrogens with zero attached hydrogens (tertiary/aromatic N) is 2. The number of hydrogen-bond acceptors (Lipinski definition) is 2. The van der Waals surface area contributed by atoms with Gasteiger partial charge in [-0.2, -0.15) is 5.26 Å². The van der Waals surface area contributed by atoms with Crippen molar-refractivity contribution in [3.63, 3.8) is 0 Å². The molecule has 1 aromatic rings. The first-order valence-corrected chi connectivity index (χ1v) is 3.28. The Morgan fingerprint density at radius 1 is 1.50 bits per heavy atom. The zero-order chi connectivity index (χ0) is 8.27. The summed E-state index contributed by atoms with van der Waals surface area (Å²) in [6, 6.07) is 9.39. The van der Waals surface area contributed by atoms with Crippen LogP contribution in [0.2, 0.25) is 0 Å². The zero-order valence-electron chi connectivity index (χ0n) is 6.74. The van der Waals surface area contributed by atoms with Crippen LogP contribution in [0.25, 0.3) is 0 Å². The van der Waals surface area contributed by atoms with Gasteiger partial charge in [-0.1, -0.05) is 6.07 Å². The molecule has 0 aliphatic rings. The first-order chi connectivity index (χ1) is 5.24. The van der Waals surface area contributed by atoms with Crippen LogP contribution in [0.4, 0.5) is 5.69 Å². The fourth-order valence-electron chi connectivity index (χ4n) is 0.813. The molecule has 0 bridgehead atoms. The molecule has 0 saturated carbocycles. The second-order valence-electron chi connectivity index (χ2n) is 2.36. The molecular weight excluding hydrogens is 195 g/mol. The summed E-state index contributed by atoms with van der Waals surface area (Å²) >= 11 is 0. The van der Waals surface area contributed by atoms with E-state index in [2.05, 4.69) is 13.1 Å². The molecule has 0 saturated heterocycles. The number of hydrogen-bond donors (Lipinski definition) is 0. The van der Waals surface area contributed by atoms with Gasteiger partial charge >= 0.3 is 0 Å². The van der Waals surface area contributed by atoms with Gasteiger partial charge < -0.3 is 4.90 Å². The largest absolute Gasteiger partial charge is 0.528 e. The number of nitriles is 1. The summed E-state index contributed by atoms with van der Waals surface area (Å²) in [5.41, 5.74) is 1.61. The van der Waals surface area contributed by atoms with Crippen LogP contribution in [0.15, 0.2) is 24.3 Å². The molecule has 65 valence electrons. The first-order valence-electron chi connectivity index (χ1n) is 3.28. The Bertz CT molecular complexity index is 289. The summed E-state index contributed by atoms with van der Waals surface area (Å²) in [5.74, 6) is 0. The van der Waals surface area contributed by atoms with E-state index in [0.29, 0.717) is 5.56 Å². The van der Waals surface area contributed by atoms with Gasteiger partial charge in [0.2, 0.25) is 0 Å². The molecular formula is C9H9CoN2-. The maximum Gasteiger partial charge on any atom is 0.0992 e. The molecule has 1 radical (unpaired) electrons. The first kappa shape index (κ1) is 11.0. The average molecular weight is 204 g/mol. The van der Waals surface area contributed by atoms with Gasteiger partial charge in [0.05, 0.1) is 11.6 Å². The van der Waals surface area contributed by atoms with Crippen LogP contribution in [0, 0.1) is 18.4 Å². The van der Waals surface area contributed by atoms with Crippen molar-refractivity contribution in [3.8, 4) is 6.07 Å². The van der Waals surface area contributed by atoms with Gasteiger partial charge in [0.25, 0.3) is 0 Å². The van der Waals surface area contributed by atoms with Crippen molar-refractivity contribution in [2.45, 2.75) is 0 Å². The van der Waals surface area contributed by atoms with Crippen LogP contribution in [-0.2, 0) is 16.8 Å². The fraction of sp³-hybridized carbons (Fsp3) is 0.111. The Balaban J connectivity index is 0.00000121. The second-order valence-corrected chi connectivity index (χ2v) is 2.36. The topological polar surface area (TPSA) is 27.0 Å². The molecule has 1 aromatic carbocycles. The second kappa shape index (κ2) is 4.81. The third-order valence-electron chi connectivity index (χ3n) is 1.42. The molecule has 1 rings (SSSR count). The van der Waals surface area contributed by atoms with Crippen molar-refractivity contribution in [2.24, 2.45) is 0 Å². The van der Waals surface area contributed by atoms with E-state index in [1.165, 1.54) is 0 Å². The van der Waals surface area contributed by atoms with Crippen molar-refractivity contribution in [1.82, 2.24) is 0 Å². The van der Waals surface area contributed by atoms with Gasteiger partial charge in [0.15, 0.2) is 0 Å². The smallest absolute Gasteiger partial charge is 0.0992 e. The molecule has 0 aliphatic heterocycles. The quantitative estimate of drug-likeness (QED) is 0.652. The van der Waals surface area contributed by atoms with E-state index < -0.39 is 0 Å². The third kappa shape index (κ3) is 2.57. The Labute approximate surface area is 83.0 Å². The third-order valence-corrected chi connectivity index (χ3v) is 1.42. The van der Waals surface area contributed by atoms with Gasteiger partial charge in [-0.25, -0.2) is 0 Å². The average Bonchev–Trinajstić information content (AvgIpc) is 2.05. The van der Waals surface area contributed by atoms with Crippen LogP contribution in [0.1, 0.15) is 5.56 Å². The Hall–Kier alpha value is -0.984. The van der Waals surface area contributed by atoms with Crippen molar-refractivity contribution in [1.29, 1.82) is 5.26 Å². The van der Waals surface area contributed by atoms with E-state index in [4.69, 9.17) is 5.26 Å². The fourth-order valence-corrected chi connectivity index (χ4v) is 0.813. The molecule has 0 aromatic heterocycles. The van der Waals surface area contributed by atoms with Gasteiger partial charge in [-0.15, -0.1) is 0 Å². The summed E-state index contributed by atoms with van der Waals surface area (Å²) in [4.78, 5) is 1.72. The van der Waals surface area contributed by atoms with Gasteiger partial charge in [-0.05, 0) is 25.2 Å². The minimum atomic E-state index is 0. The minimum absolute atomic E-state index is 0. The van der Waals surface area contributed by atoms with E-state index in [1.54, 1.807) is 17.0 Å². The SMILES string of the molecule is [CH2-]N(C)c1cccc(C#N)c1.[Co]. The molecule has 0 aliphatic carbocycles. The van der Waals surface area contributed by atoms with Crippen LogP contribution >= 0.6 is 0 Å². The normalized spacial score (nSPS) is 8.08. The molecule has 0 heterocycles. The van der Waals surface area contributed by atoms with Crippen molar-refractivity contribution in [2.75, 3.05) is 11.9 Å². The van der Waals surface area contributed by atoms with E-state index in [-0.39, 0.29) is 16.8 Å². The van der Waals surface area contributed by atoms with E-state index >= 15 is 0 Å². The minimum Gasteiger partial charge on any atom is -0.528 e. The number of benzene rings is 1. The Morgan fingerprint density at radius 2 is 2.17 bits per heavy atom. The Morgan fingerprint density at radius 3 is 2.67 bits per heavy atom. The zero-order valence-corrected chi connectivity index (χ0v) is 7.79. The predicted octanol–water partition coefficient (Wildman–Crippen LogP) is 1.78. The summed E-state index contributed by atoms with van der Waals surface area (Å²) < 4.78 is 0. The van der Waals surface area contributed by atoms with Crippen LogP contribution in [-0.4, -0.2) is 7.05 Å². The molecule has 3 heteroatoms. The van der Waals surface area contributed by atoms with Gasteiger partial charge in [0.1, 0.15) is 0 Å². The molecule has 12 heavy (non-hydrogen) atoms. The molecule has 0 fully saturated rings. The summed E-state index contributed by atoms with van der Waals surface area (Å²) in [5, 5.41) is 8.55. The standard InChI is InChI=1S/C9H9N2.Co/c1-11(2)9-5-3-4-8(6-9)7-10;/h3-6H,1H2,2H3;/q-1;. The van der Waals surface area contributed by atoms with Crippen LogP contribution in [0.5, 0.6) is 0 Å². The monoisotopic (exact) mass is 204 g/mol. The van der Waals surface area contributed by atoms with Crippen molar-refractivity contribution < 1.29 is 16.8 Å². The molecule has 2 nitrogen and oxygen atoms in total. The summed E-state index contributed by atoms with van der Waals surface area (Å²) in [6.45, 7) is 0. The van der Waals surface area contributed by atoms with Crippen LogP contribution in [0.3, 0.4) is 0 Å². The van der Waals surface area contributed by atoms with E-state index in [9.17, 15) is 0 Å². The molecule has 0 atom stereocenters. The summed E-state index contributed by atoms with van der Waals surface area (Å²) in [6.07, 6.45) is 0. The van der Waals surface area contributed by atoms with Gasteiger partial charge in [0, 0.05) is 22.5 Å². The molecule has 0 spiro atoms. The molecule has 0 unspecified atom stereocenters. The van der Waals surface area contributed by atoms with E-state index in [0.717, 1.165) is 5.69 Å². The molecule has 0 N–H and O–H groups in total. The number of rotatable bonds is 1. The summed E-state index contributed by atoms with van der Waals surface area (Å²) in [7, 11) is 5.55. The Kier molecular flexibility index (Phi) is 4.41. The number of anilines is 1. The van der Waals surface area contributed by atoms with Crippen molar-refractivity contribution >= 4 is 5.69 Å². The van der Waals surface area contributed by atoms with Crippen molar-refractivity contribution in [3.05, 3.63) is 36.9 Å². The van der Waals surface area contributed by atoms with E-state index in [1.807, 2.05) is 19.2 Å². The maximum absolute atomic E-state index is 8.55. The predicted molar refractivity (Wildman–Crippen MR) is 44.9 cm³/mol. The van der Waals surface area contributed by atoms with Crippen LogP contribution < -0.4 is 4.90 Å². The maximum atomic E-state index is 8.55. The van der Waals surface area contributed by atoms with Gasteiger partial charge in [-0.3, -0.25) is 7.05 Å².